The lowest BCUT2D eigenvalue weighted by atomic mass is 10.1. The van der Waals surface area contributed by atoms with Crippen LogP contribution in [-0.2, 0) is 0 Å². The van der Waals surface area contributed by atoms with E-state index in [2.05, 4.69) is 6.58 Å². The van der Waals surface area contributed by atoms with Crippen molar-refractivity contribution in [3.8, 4) is 23.3 Å². The lowest BCUT2D eigenvalue weighted by molar-refractivity contribution is 0.340. The number of ether oxygens (including phenoxy) is 2. The molecule has 0 aliphatic carbocycles. The lowest BCUT2D eigenvalue weighted by Gasteiger charge is -2.09. The first kappa shape index (κ1) is 12.7. The van der Waals surface area contributed by atoms with E-state index in [0.29, 0.717) is 17.1 Å². The Labute approximate surface area is 100 Å². The van der Waals surface area contributed by atoms with E-state index in [4.69, 9.17) is 14.7 Å². The molecule has 0 saturated carbocycles. The molecule has 0 spiro atoms. The first-order valence-corrected chi connectivity index (χ1v) is 4.84. The van der Waals surface area contributed by atoms with Crippen LogP contribution in [-0.4, -0.2) is 19.3 Å². The number of phenols is 1. The van der Waals surface area contributed by atoms with Crippen molar-refractivity contribution in [2.24, 2.45) is 0 Å². The van der Waals surface area contributed by atoms with Crippen molar-refractivity contribution in [1.29, 1.82) is 5.26 Å². The van der Waals surface area contributed by atoms with Crippen LogP contribution in [0.1, 0.15) is 5.56 Å². The largest absolute Gasteiger partial charge is 0.502 e. The summed E-state index contributed by atoms with van der Waals surface area (Å²) in [5.74, 6) is 0.574. The van der Waals surface area contributed by atoms with E-state index >= 15 is 0 Å². The van der Waals surface area contributed by atoms with Gasteiger partial charge in [-0.05, 0) is 23.8 Å². The highest BCUT2D eigenvalue weighted by Crippen LogP contribution is 2.37. The molecule has 0 aliphatic heterocycles. The summed E-state index contributed by atoms with van der Waals surface area (Å²) >= 11 is 0. The summed E-state index contributed by atoms with van der Waals surface area (Å²) in [4.78, 5) is 0. The number of aromatic hydroxyl groups is 1. The standard InChI is InChI=1S/C13H13NO3/c1-9(8-14)4-5-10-6-11(16-2)13(15)12(7-10)17-3/h4-7,15H,1H2,2-3H3. The normalized spacial score (nSPS) is 9.94. The zero-order valence-corrected chi connectivity index (χ0v) is 9.73. The van der Waals surface area contributed by atoms with Gasteiger partial charge >= 0.3 is 0 Å². The molecule has 1 aromatic rings. The Bertz CT molecular complexity index is 473. The molecule has 0 unspecified atom stereocenters. The maximum Gasteiger partial charge on any atom is 0.200 e. The van der Waals surface area contributed by atoms with Crippen LogP contribution in [0, 0.1) is 11.3 Å². The minimum Gasteiger partial charge on any atom is -0.502 e. The van der Waals surface area contributed by atoms with Crippen molar-refractivity contribution in [2.75, 3.05) is 14.2 Å². The second-order valence-corrected chi connectivity index (χ2v) is 3.24. The fourth-order valence-corrected chi connectivity index (χ4v) is 1.24. The molecule has 88 valence electrons. The van der Waals surface area contributed by atoms with Gasteiger partial charge in [-0.3, -0.25) is 0 Å². The second-order valence-electron chi connectivity index (χ2n) is 3.24. The van der Waals surface area contributed by atoms with Crippen LogP contribution >= 0.6 is 0 Å². The molecular weight excluding hydrogens is 218 g/mol. The number of benzene rings is 1. The number of rotatable bonds is 4. The van der Waals surface area contributed by atoms with E-state index in [9.17, 15) is 5.11 Å². The number of hydrogen-bond acceptors (Lipinski definition) is 4. The smallest absolute Gasteiger partial charge is 0.200 e. The summed E-state index contributed by atoms with van der Waals surface area (Å²) in [6.07, 6.45) is 3.27. The Hall–Kier alpha value is -2.41. The molecule has 0 bridgehead atoms. The molecule has 4 heteroatoms. The van der Waals surface area contributed by atoms with Gasteiger partial charge in [0.05, 0.1) is 20.3 Å². The van der Waals surface area contributed by atoms with E-state index < -0.39 is 0 Å². The van der Waals surface area contributed by atoms with E-state index in [-0.39, 0.29) is 5.75 Å². The number of allylic oxidation sites excluding steroid dienone is 2. The zero-order valence-electron chi connectivity index (χ0n) is 9.73. The van der Waals surface area contributed by atoms with Crippen LogP contribution in [0.4, 0.5) is 0 Å². The Balaban J connectivity index is 3.14. The molecule has 0 heterocycles. The van der Waals surface area contributed by atoms with Gasteiger partial charge in [-0.15, -0.1) is 0 Å². The quantitative estimate of drug-likeness (QED) is 0.638. The van der Waals surface area contributed by atoms with Gasteiger partial charge in [-0.2, -0.15) is 5.26 Å². The van der Waals surface area contributed by atoms with Gasteiger partial charge in [0.25, 0.3) is 0 Å². The molecule has 0 saturated heterocycles. The topological polar surface area (TPSA) is 62.5 Å². The van der Waals surface area contributed by atoms with E-state index in [1.807, 2.05) is 6.07 Å². The van der Waals surface area contributed by atoms with Gasteiger partial charge < -0.3 is 14.6 Å². The Morgan fingerprint density at radius 2 is 1.88 bits per heavy atom. The third kappa shape index (κ3) is 3.02. The minimum absolute atomic E-state index is 0.0498. The lowest BCUT2D eigenvalue weighted by Crippen LogP contribution is -1.90. The highest BCUT2D eigenvalue weighted by molar-refractivity contribution is 5.63. The van der Waals surface area contributed by atoms with Crippen molar-refractivity contribution < 1.29 is 14.6 Å². The maximum absolute atomic E-state index is 9.69. The predicted octanol–water partition coefficient (Wildman–Crippen LogP) is 2.50. The van der Waals surface area contributed by atoms with Gasteiger partial charge in [0.15, 0.2) is 11.5 Å². The number of phenolic OH excluding ortho intramolecular Hbond substituents is 1. The van der Waals surface area contributed by atoms with Crippen LogP contribution in [0.2, 0.25) is 0 Å². The van der Waals surface area contributed by atoms with E-state index in [1.54, 1.807) is 24.3 Å². The molecule has 0 fully saturated rings. The van der Waals surface area contributed by atoms with Gasteiger partial charge in [0, 0.05) is 5.57 Å². The average molecular weight is 231 g/mol. The van der Waals surface area contributed by atoms with E-state index in [0.717, 1.165) is 5.56 Å². The molecule has 0 atom stereocenters. The first-order valence-electron chi connectivity index (χ1n) is 4.84. The number of hydrogen-bond donors (Lipinski definition) is 1. The highest BCUT2D eigenvalue weighted by Gasteiger charge is 2.09. The fourth-order valence-electron chi connectivity index (χ4n) is 1.24. The Kier molecular flexibility index (Phi) is 4.18. The predicted molar refractivity (Wildman–Crippen MR) is 65.0 cm³/mol. The van der Waals surface area contributed by atoms with Crippen LogP contribution in [0.15, 0.2) is 30.4 Å². The zero-order chi connectivity index (χ0) is 12.8. The van der Waals surface area contributed by atoms with Gasteiger partial charge in [-0.1, -0.05) is 12.7 Å². The summed E-state index contributed by atoms with van der Waals surface area (Å²) < 4.78 is 10.0. The number of nitriles is 1. The van der Waals surface area contributed by atoms with Gasteiger partial charge in [-0.25, -0.2) is 0 Å². The summed E-state index contributed by atoms with van der Waals surface area (Å²) in [6.45, 7) is 3.53. The molecule has 17 heavy (non-hydrogen) atoms. The molecular formula is C13H13NO3. The molecule has 0 aliphatic rings. The third-order valence-electron chi connectivity index (χ3n) is 2.12. The minimum atomic E-state index is -0.0498. The van der Waals surface area contributed by atoms with Crippen molar-refractivity contribution >= 4 is 6.08 Å². The number of methoxy groups -OCH3 is 2. The van der Waals surface area contributed by atoms with Gasteiger partial charge in [0.2, 0.25) is 5.75 Å². The van der Waals surface area contributed by atoms with Crippen molar-refractivity contribution in [1.82, 2.24) is 0 Å². The first-order chi connectivity index (χ1) is 8.12. The Morgan fingerprint density at radius 1 is 1.35 bits per heavy atom. The van der Waals surface area contributed by atoms with Crippen LogP contribution in [0.5, 0.6) is 17.2 Å². The molecule has 1 N–H and O–H groups in total. The summed E-state index contributed by atoms with van der Waals surface area (Å²) in [6, 6.07) is 5.19. The molecule has 0 radical (unpaired) electrons. The van der Waals surface area contributed by atoms with Crippen LogP contribution in [0.3, 0.4) is 0 Å². The number of nitrogens with zero attached hydrogens (tertiary/aromatic N) is 1. The summed E-state index contributed by atoms with van der Waals surface area (Å²) in [5, 5.41) is 18.3. The average Bonchev–Trinajstić information content (AvgIpc) is 2.36. The van der Waals surface area contributed by atoms with Crippen molar-refractivity contribution in [2.45, 2.75) is 0 Å². The molecule has 1 rings (SSSR count). The fraction of sp³-hybridized carbons (Fsp3) is 0.154. The van der Waals surface area contributed by atoms with Crippen LogP contribution in [0.25, 0.3) is 6.08 Å². The molecule has 0 aromatic heterocycles. The van der Waals surface area contributed by atoms with Crippen LogP contribution < -0.4 is 9.47 Å². The highest BCUT2D eigenvalue weighted by atomic mass is 16.5. The third-order valence-corrected chi connectivity index (χ3v) is 2.12. The molecule has 4 nitrogen and oxygen atoms in total. The molecule has 1 aromatic carbocycles. The van der Waals surface area contributed by atoms with Crippen molar-refractivity contribution in [3.05, 3.63) is 35.9 Å². The second kappa shape index (κ2) is 5.61. The monoisotopic (exact) mass is 231 g/mol. The summed E-state index contributed by atoms with van der Waals surface area (Å²) in [5.41, 5.74) is 1.09. The SMILES string of the molecule is C=C(C#N)C=Cc1cc(OC)c(O)c(OC)c1. The maximum atomic E-state index is 9.69. The molecule has 0 amide bonds. The van der Waals surface area contributed by atoms with E-state index in [1.165, 1.54) is 14.2 Å². The summed E-state index contributed by atoms with van der Waals surface area (Å²) in [7, 11) is 2.91. The van der Waals surface area contributed by atoms with Crippen molar-refractivity contribution in [3.63, 3.8) is 0 Å². The Morgan fingerprint density at radius 3 is 2.29 bits per heavy atom. The van der Waals surface area contributed by atoms with Gasteiger partial charge in [0.1, 0.15) is 0 Å².